The van der Waals surface area contributed by atoms with E-state index < -0.39 is 33.4 Å². The van der Waals surface area contributed by atoms with E-state index in [2.05, 4.69) is 9.97 Å². The van der Waals surface area contributed by atoms with Gasteiger partial charge >= 0.3 is 6.18 Å². The standard InChI is InChI=1S/C20H20F3N5O3S2/c21-20(22,23)15-5-6-25-18(26-15)16(17(24)29)19-28(13-3-1-2-4-14(13)32-19)8-7-27-9-11-33(30,31)12-10-27/h1-6H,7-12H2,(H2,24,29). The third-order valence-corrected chi connectivity index (χ3v) is 8.11. The summed E-state index contributed by atoms with van der Waals surface area (Å²) in [6.45, 7) is 1.64. The van der Waals surface area contributed by atoms with Crippen LogP contribution in [0.1, 0.15) is 11.5 Å². The smallest absolute Gasteiger partial charge is 0.365 e. The Hall–Kier alpha value is -2.64. The molecule has 2 aromatic rings. The van der Waals surface area contributed by atoms with Crippen molar-refractivity contribution < 1.29 is 26.4 Å². The zero-order valence-corrected chi connectivity index (χ0v) is 18.9. The highest BCUT2D eigenvalue weighted by molar-refractivity contribution is 8.04. The molecule has 1 aromatic heterocycles. The predicted octanol–water partition coefficient (Wildman–Crippen LogP) is 1.99. The maximum absolute atomic E-state index is 13.2. The zero-order chi connectivity index (χ0) is 23.8. The van der Waals surface area contributed by atoms with Crippen molar-refractivity contribution in [2.24, 2.45) is 5.73 Å². The molecular formula is C20H20F3N5O3S2. The lowest BCUT2D eigenvalue weighted by atomic mass is 10.2. The number of nitrogens with zero attached hydrogens (tertiary/aromatic N) is 4. The predicted molar refractivity (Wildman–Crippen MR) is 118 cm³/mol. The zero-order valence-electron chi connectivity index (χ0n) is 17.2. The van der Waals surface area contributed by atoms with Crippen LogP contribution < -0.4 is 10.6 Å². The highest BCUT2D eigenvalue weighted by Crippen LogP contribution is 2.48. The highest BCUT2D eigenvalue weighted by Gasteiger charge is 2.36. The number of alkyl halides is 3. The fourth-order valence-electron chi connectivity index (χ4n) is 3.61. The second kappa shape index (κ2) is 8.95. The number of carbonyl (C=O) groups excluding carboxylic acids is 1. The normalized spacial score (nSPS) is 19.9. The summed E-state index contributed by atoms with van der Waals surface area (Å²) < 4.78 is 63.0. The number of aromatic nitrogens is 2. The van der Waals surface area contributed by atoms with E-state index in [1.54, 1.807) is 4.90 Å². The molecule has 3 heterocycles. The Bertz CT molecular complexity index is 1200. The van der Waals surface area contributed by atoms with Crippen LogP contribution in [-0.2, 0) is 20.8 Å². The van der Waals surface area contributed by atoms with E-state index in [9.17, 15) is 26.4 Å². The van der Waals surface area contributed by atoms with Gasteiger partial charge in [0.05, 0.1) is 22.2 Å². The van der Waals surface area contributed by atoms with Crippen LogP contribution in [0.15, 0.2) is 46.5 Å². The number of rotatable bonds is 5. The Morgan fingerprint density at radius 2 is 1.82 bits per heavy atom. The van der Waals surface area contributed by atoms with E-state index in [1.165, 1.54) is 11.8 Å². The Morgan fingerprint density at radius 3 is 2.48 bits per heavy atom. The maximum Gasteiger partial charge on any atom is 0.433 e. The fraction of sp³-hybridized carbons (Fsp3) is 0.350. The molecule has 4 rings (SSSR count). The lowest BCUT2D eigenvalue weighted by molar-refractivity contribution is -0.141. The molecule has 0 atom stereocenters. The maximum atomic E-state index is 13.2. The SMILES string of the molecule is NC(=O)C(=C1Sc2ccccc2N1CCN1CCS(=O)(=O)CC1)c1nccc(C(F)(F)F)n1. The van der Waals surface area contributed by atoms with Crippen LogP contribution in [-0.4, -0.2) is 66.9 Å². The molecule has 1 saturated heterocycles. The summed E-state index contributed by atoms with van der Waals surface area (Å²) in [5.41, 5.74) is 4.99. The molecule has 2 aliphatic rings. The minimum Gasteiger partial charge on any atom is -0.365 e. The Kier molecular flexibility index (Phi) is 6.38. The number of fused-ring (bicyclic) bond motifs is 1. The third-order valence-electron chi connectivity index (χ3n) is 5.31. The summed E-state index contributed by atoms with van der Waals surface area (Å²) in [6, 6.07) is 8.02. The van der Waals surface area contributed by atoms with Gasteiger partial charge in [-0.05, 0) is 18.2 Å². The summed E-state index contributed by atoms with van der Waals surface area (Å²) in [7, 11) is -3.03. The second-order valence-electron chi connectivity index (χ2n) is 7.52. The van der Waals surface area contributed by atoms with Gasteiger partial charge in [0.15, 0.2) is 15.7 Å². The molecular weight excluding hydrogens is 479 g/mol. The minimum absolute atomic E-state index is 0.0750. The quantitative estimate of drug-likeness (QED) is 0.623. The minimum atomic E-state index is -4.70. The van der Waals surface area contributed by atoms with E-state index >= 15 is 0 Å². The van der Waals surface area contributed by atoms with E-state index in [1.807, 2.05) is 29.2 Å². The number of thioether (sulfide) groups is 1. The summed E-state index contributed by atoms with van der Waals surface area (Å²) in [6.07, 6.45) is -3.76. The van der Waals surface area contributed by atoms with Crippen LogP contribution in [0.5, 0.6) is 0 Å². The molecule has 0 aliphatic carbocycles. The summed E-state index contributed by atoms with van der Waals surface area (Å²) in [5.74, 6) is -1.20. The van der Waals surface area contributed by atoms with E-state index in [-0.39, 0.29) is 17.1 Å². The number of anilines is 1. The monoisotopic (exact) mass is 499 g/mol. The van der Waals surface area contributed by atoms with Gasteiger partial charge in [-0.25, -0.2) is 18.4 Å². The number of primary amides is 1. The second-order valence-corrected chi connectivity index (χ2v) is 10.9. The highest BCUT2D eigenvalue weighted by atomic mass is 32.2. The first-order valence-electron chi connectivity index (χ1n) is 9.97. The van der Waals surface area contributed by atoms with Gasteiger partial charge < -0.3 is 10.6 Å². The van der Waals surface area contributed by atoms with Gasteiger partial charge in [-0.2, -0.15) is 13.2 Å². The number of benzene rings is 1. The van der Waals surface area contributed by atoms with Gasteiger partial charge in [0, 0.05) is 37.3 Å². The van der Waals surface area contributed by atoms with Crippen LogP contribution in [0.4, 0.5) is 18.9 Å². The average molecular weight is 500 g/mol. The molecule has 1 amide bonds. The third kappa shape index (κ3) is 5.14. The lowest BCUT2D eigenvalue weighted by Gasteiger charge is -2.30. The first-order chi connectivity index (χ1) is 15.5. The molecule has 0 spiro atoms. The molecule has 8 nitrogen and oxygen atoms in total. The van der Waals surface area contributed by atoms with E-state index in [0.29, 0.717) is 31.2 Å². The van der Waals surface area contributed by atoms with Crippen molar-refractivity contribution in [3.05, 3.63) is 53.1 Å². The topological polar surface area (TPSA) is 109 Å². The number of carbonyl (C=O) groups is 1. The number of sulfone groups is 1. The van der Waals surface area contributed by atoms with Gasteiger partial charge in [-0.3, -0.25) is 9.69 Å². The van der Waals surface area contributed by atoms with Crippen molar-refractivity contribution in [1.82, 2.24) is 14.9 Å². The van der Waals surface area contributed by atoms with Crippen LogP contribution in [0.2, 0.25) is 0 Å². The molecule has 33 heavy (non-hydrogen) atoms. The van der Waals surface area contributed by atoms with E-state index in [4.69, 9.17) is 5.73 Å². The molecule has 0 saturated carbocycles. The summed E-state index contributed by atoms with van der Waals surface area (Å²) in [4.78, 5) is 24.5. The number of halogens is 3. The number of hydrogen-bond acceptors (Lipinski definition) is 8. The lowest BCUT2D eigenvalue weighted by Crippen LogP contribution is -2.43. The fourth-order valence-corrected chi connectivity index (χ4v) is 6.11. The van der Waals surface area contributed by atoms with E-state index in [0.717, 1.165) is 22.8 Å². The summed E-state index contributed by atoms with van der Waals surface area (Å²) >= 11 is 1.20. The van der Waals surface area contributed by atoms with Crippen LogP contribution >= 0.6 is 11.8 Å². The van der Waals surface area contributed by atoms with Crippen LogP contribution in [0.25, 0.3) is 5.57 Å². The van der Waals surface area contributed by atoms with Crippen LogP contribution in [0, 0.1) is 0 Å². The van der Waals surface area contributed by atoms with Gasteiger partial charge in [0.25, 0.3) is 5.91 Å². The van der Waals surface area contributed by atoms with Crippen LogP contribution in [0.3, 0.4) is 0 Å². The molecule has 0 unspecified atom stereocenters. The number of hydrogen-bond donors (Lipinski definition) is 1. The molecule has 13 heteroatoms. The number of amides is 1. The molecule has 2 aliphatic heterocycles. The molecule has 0 bridgehead atoms. The van der Waals surface area contributed by atoms with Gasteiger partial charge in [-0.15, -0.1) is 0 Å². The molecule has 1 aromatic carbocycles. The molecule has 176 valence electrons. The van der Waals surface area contributed by atoms with Gasteiger partial charge in [0.2, 0.25) is 0 Å². The first kappa shape index (κ1) is 23.5. The largest absolute Gasteiger partial charge is 0.433 e. The van der Waals surface area contributed by atoms with Crippen molar-refractivity contribution in [1.29, 1.82) is 0 Å². The van der Waals surface area contributed by atoms with Gasteiger partial charge in [-0.1, -0.05) is 23.9 Å². The van der Waals surface area contributed by atoms with Crippen molar-refractivity contribution in [3.63, 3.8) is 0 Å². The molecule has 1 fully saturated rings. The van der Waals surface area contributed by atoms with Crippen molar-refractivity contribution in [2.45, 2.75) is 11.1 Å². The van der Waals surface area contributed by atoms with Crippen molar-refractivity contribution in [2.75, 3.05) is 42.6 Å². The van der Waals surface area contributed by atoms with Crippen molar-refractivity contribution in [3.8, 4) is 0 Å². The summed E-state index contributed by atoms with van der Waals surface area (Å²) in [5, 5.41) is 0.340. The Labute approximate surface area is 192 Å². The van der Waals surface area contributed by atoms with Crippen molar-refractivity contribution >= 4 is 38.8 Å². The Morgan fingerprint density at radius 1 is 1.12 bits per heavy atom. The first-order valence-corrected chi connectivity index (χ1v) is 12.6. The number of para-hydroxylation sites is 1. The molecule has 0 radical (unpaired) electrons. The number of nitrogens with two attached hydrogens (primary N) is 1. The average Bonchev–Trinajstić information content (AvgIpc) is 3.10. The Balaban J connectivity index is 1.70. The van der Waals surface area contributed by atoms with Gasteiger partial charge in [0.1, 0.15) is 11.3 Å². The molecule has 2 N–H and O–H groups in total.